The van der Waals surface area contributed by atoms with E-state index in [2.05, 4.69) is 5.32 Å². The van der Waals surface area contributed by atoms with Crippen molar-refractivity contribution in [2.75, 3.05) is 24.3 Å². The van der Waals surface area contributed by atoms with Crippen molar-refractivity contribution >= 4 is 34.5 Å². The van der Waals surface area contributed by atoms with Crippen LogP contribution in [0.5, 0.6) is 0 Å². The van der Waals surface area contributed by atoms with Gasteiger partial charge in [-0.2, -0.15) is 0 Å². The van der Waals surface area contributed by atoms with Gasteiger partial charge < -0.3 is 16.0 Å². The maximum absolute atomic E-state index is 12.4. The fourth-order valence-electron chi connectivity index (χ4n) is 1.68. The molecule has 0 aliphatic heterocycles. The Morgan fingerprint density at radius 2 is 2.00 bits per heavy atom. The zero-order valence-electron chi connectivity index (χ0n) is 11.9. The molecule has 0 saturated heterocycles. The predicted octanol–water partition coefficient (Wildman–Crippen LogP) is 2.39. The number of thiocarbonyl (C=S) groups is 1. The van der Waals surface area contributed by atoms with Gasteiger partial charge in [0.25, 0.3) is 0 Å². The number of nitrogens with zero attached hydrogens (tertiary/aromatic N) is 1. The summed E-state index contributed by atoms with van der Waals surface area (Å²) in [6.45, 7) is 3.67. The van der Waals surface area contributed by atoms with Crippen LogP contribution >= 0.6 is 12.2 Å². The number of hydrogen-bond donors (Lipinski definition) is 2. The van der Waals surface area contributed by atoms with E-state index in [9.17, 15) is 4.79 Å². The minimum atomic E-state index is -0.825. The van der Waals surface area contributed by atoms with E-state index in [4.69, 9.17) is 18.0 Å². The van der Waals surface area contributed by atoms with E-state index in [1.54, 1.807) is 6.92 Å². The lowest BCUT2D eigenvalue weighted by Gasteiger charge is -2.27. The normalized spacial score (nSPS) is 13.5. The van der Waals surface area contributed by atoms with Crippen molar-refractivity contribution in [1.29, 1.82) is 0 Å². The average molecular weight is 279 g/mol. The van der Waals surface area contributed by atoms with Crippen LogP contribution in [0.4, 0.5) is 11.4 Å². The molecule has 0 bridgehead atoms. The molecule has 1 aromatic carbocycles. The summed E-state index contributed by atoms with van der Waals surface area (Å²) in [4.78, 5) is 14.5. The van der Waals surface area contributed by atoms with Gasteiger partial charge in [0.2, 0.25) is 5.91 Å². The lowest BCUT2D eigenvalue weighted by molar-refractivity contribution is -0.121. The maximum Gasteiger partial charge on any atom is 0.237 e. The van der Waals surface area contributed by atoms with Gasteiger partial charge in [0.15, 0.2) is 0 Å². The number of carbonyl (C=O) groups excluding carboxylic acids is 1. The number of amides is 1. The molecule has 0 aromatic heterocycles. The maximum atomic E-state index is 12.4. The number of para-hydroxylation sites is 2. The highest BCUT2D eigenvalue weighted by atomic mass is 32.1. The molecule has 1 aromatic rings. The molecule has 1 atom stereocenters. The van der Waals surface area contributed by atoms with Gasteiger partial charge in [-0.05, 0) is 25.5 Å². The molecule has 0 saturated carbocycles. The summed E-state index contributed by atoms with van der Waals surface area (Å²) >= 11 is 5.01. The Kier molecular flexibility index (Phi) is 4.89. The highest BCUT2D eigenvalue weighted by molar-refractivity contribution is 7.80. The molecule has 1 amide bonds. The first-order valence-corrected chi connectivity index (χ1v) is 6.61. The minimum Gasteiger partial charge on any atom is -0.392 e. The van der Waals surface area contributed by atoms with Crippen LogP contribution in [0.2, 0.25) is 0 Å². The van der Waals surface area contributed by atoms with Crippen molar-refractivity contribution < 1.29 is 4.79 Å². The summed E-state index contributed by atoms with van der Waals surface area (Å²) in [5, 5.41) is 2.92. The molecule has 1 rings (SSSR count). The number of nitrogens with one attached hydrogen (secondary N) is 1. The SMILES string of the molecule is CCC(C)(C(=O)Nc1ccccc1N(C)C)C(N)=S. The highest BCUT2D eigenvalue weighted by Crippen LogP contribution is 2.28. The summed E-state index contributed by atoms with van der Waals surface area (Å²) in [6.07, 6.45) is 0.568. The van der Waals surface area contributed by atoms with Crippen molar-refractivity contribution in [1.82, 2.24) is 0 Å². The second-order valence-electron chi connectivity index (χ2n) is 4.92. The largest absolute Gasteiger partial charge is 0.392 e. The fourth-order valence-corrected chi connectivity index (χ4v) is 1.91. The Labute approximate surface area is 120 Å². The van der Waals surface area contributed by atoms with Gasteiger partial charge >= 0.3 is 0 Å². The number of benzene rings is 1. The lowest BCUT2D eigenvalue weighted by atomic mass is 9.86. The van der Waals surface area contributed by atoms with Crippen LogP contribution in [-0.4, -0.2) is 25.0 Å². The Balaban J connectivity index is 3.03. The van der Waals surface area contributed by atoms with Crippen LogP contribution in [0.25, 0.3) is 0 Å². The second kappa shape index (κ2) is 6.02. The van der Waals surface area contributed by atoms with Crippen LogP contribution in [0.1, 0.15) is 20.3 Å². The summed E-state index contributed by atoms with van der Waals surface area (Å²) < 4.78 is 0. The van der Waals surface area contributed by atoms with E-state index in [-0.39, 0.29) is 10.9 Å². The molecular weight excluding hydrogens is 258 g/mol. The molecular formula is C14H21N3OS. The molecule has 104 valence electrons. The molecule has 0 spiro atoms. The van der Waals surface area contributed by atoms with E-state index in [1.165, 1.54) is 0 Å². The van der Waals surface area contributed by atoms with Crippen molar-refractivity contribution in [2.24, 2.45) is 11.1 Å². The predicted molar refractivity (Wildman–Crippen MR) is 84.6 cm³/mol. The van der Waals surface area contributed by atoms with Crippen molar-refractivity contribution in [2.45, 2.75) is 20.3 Å². The zero-order valence-corrected chi connectivity index (χ0v) is 12.7. The lowest BCUT2D eigenvalue weighted by Crippen LogP contribution is -2.43. The summed E-state index contributed by atoms with van der Waals surface area (Å²) in [5.74, 6) is -0.170. The van der Waals surface area contributed by atoms with Crippen molar-refractivity contribution in [3.05, 3.63) is 24.3 Å². The molecule has 0 aliphatic rings. The van der Waals surface area contributed by atoms with E-state index < -0.39 is 5.41 Å². The molecule has 5 heteroatoms. The van der Waals surface area contributed by atoms with Crippen LogP contribution in [0.15, 0.2) is 24.3 Å². The molecule has 0 heterocycles. The second-order valence-corrected chi connectivity index (χ2v) is 5.36. The molecule has 0 fully saturated rings. The molecule has 3 N–H and O–H groups in total. The first kappa shape index (κ1) is 15.4. The van der Waals surface area contributed by atoms with Crippen LogP contribution in [-0.2, 0) is 4.79 Å². The third kappa shape index (κ3) is 3.23. The number of carbonyl (C=O) groups is 1. The van der Waals surface area contributed by atoms with Crippen molar-refractivity contribution in [3.8, 4) is 0 Å². The van der Waals surface area contributed by atoms with Gasteiger partial charge in [-0.1, -0.05) is 31.3 Å². The van der Waals surface area contributed by atoms with E-state index in [0.717, 1.165) is 11.4 Å². The van der Waals surface area contributed by atoms with Crippen LogP contribution in [0, 0.1) is 5.41 Å². The highest BCUT2D eigenvalue weighted by Gasteiger charge is 2.34. The topological polar surface area (TPSA) is 58.4 Å². The number of hydrogen-bond acceptors (Lipinski definition) is 3. The van der Waals surface area contributed by atoms with E-state index in [1.807, 2.05) is 50.2 Å². The standard InChI is InChI=1S/C14H21N3OS/c1-5-14(2,12(15)19)13(18)16-10-8-6-7-9-11(10)17(3)4/h6-9H,5H2,1-4H3,(H2,15,19)(H,16,18). The Bertz CT molecular complexity index is 487. The first-order valence-electron chi connectivity index (χ1n) is 6.20. The first-order chi connectivity index (χ1) is 8.82. The van der Waals surface area contributed by atoms with Gasteiger partial charge in [0, 0.05) is 14.1 Å². The molecule has 0 aliphatic carbocycles. The van der Waals surface area contributed by atoms with Crippen LogP contribution in [0.3, 0.4) is 0 Å². The van der Waals surface area contributed by atoms with Gasteiger partial charge in [0.05, 0.1) is 21.8 Å². The van der Waals surface area contributed by atoms with Gasteiger partial charge in [-0.3, -0.25) is 4.79 Å². The number of nitrogens with two attached hydrogens (primary N) is 1. The third-order valence-electron chi connectivity index (χ3n) is 3.39. The van der Waals surface area contributed by atoms with Crippen molar-refractivity contribution in [3.63, 3.8) is 0 Å². The van der Waals surface area contributed by atoms with E-state index in [0.29, 0.717) is 6.42 Å². The minimum absolute atomic E-state index is 0.170. The van der Waals surface area contributed by atoms with Gasteiger partial charge in [-0.15, -0.1) is 0 Å². The fraction of sp³-hybridized carbons (Fsp3) is 0.429. The van der Waals surface area contributed by atoms with E-state index >= 15 is 0 Å². The third-order valence-corrected chi connectivity index (χ3v) is 3.84. The van der Waals surface area contributed by atoms with Crippen LogP contribution < -0.4 is 16.0 Å². The number of anilines is 2. The molecule has 1 unspecified atom stereocenters. The van der Waals surface area contributed by atoms with Gasteiger partial charge in [-0.25, -0.2) is 0 Å². The summed E-state index contributed by atoms with van der Waals surface area (Å²) in [6, 6.07) is 7.62. The summed E-state index contributed by atoms with van der Waals surface area (Å²) in [5.41, 5.74) is 6.57. The molecule has 19 heavy (non-hydrogen) atoms. The Morgan fingerprint density at radius 3 is 2.47 bits per heavy atom. The Hall–Kier alpha value is -1.62. The van der Waals surface area contributed by atoms with Gasteiger partial charge in [0.1, 0.15) is 0 Å². The monoisotopic (exact) mass is 279 g/mol. The zero-order chi connectivity index (χ0) is 14.6. The molecule has 4 nitrogen and oxygen atoms in total. The Morgan fingerprint density at radius 1 is 1.42 bits per heavy atom. The number of rotatable bonds is 5. The average Bonchev–Trinajstić information content (AvgIpc) is 2.37. The smallest absolute Gasteiger partial charge is 0.237 e. The quantitative estimate of drug-likeness (QED) is 0.813. The molecule has 0 radical (unpaired) electrons. The summed E-state index contributed by atoms with van der Waals surface area (Å²) in [7, 11) is 3.86.